The smallest absolute Gasteiger partial charge is 0.198 e. The van der Waals surface area contributed by atoms with Crippen LogP contribution in [0.3, 0.4) is 0 Å². The number of nitrogens with zero attached hydrogens (tertiary/aromatic N) is 1. The van der Waals surface area contributed by atoms with Gasteiger partial charge in [0.1, 0.15) is 7.05 Å². The average molecular weight is 431 g/mol. The van der Waals surface area contributed by atoms with Gasteiger partial charge in [-0.3, -0.25) is 0 Å². The Hall–Kier alpha value is -1.93. The third-order valence-electron chi connectivity index (χ3n) is 7.98. The van der Waals surface area contributed by atoms with E-state index in [0.717, 1.165) is 5.92 Å². The van der Waals surface area contributed by atoms with Crippen molar-refractivity contribution in [3.63, 3.8) is 0 Å². The molecule has 0 saturated carbocycles. The molecule has 2 heterocycles. The highest BCUT2D eigenvalue weighted by Gasteiger charge is 2.30. The summed E-state index contributed by atoms with van der Waals surface area (Å²) < 4.78 is 2.39. The summed E-state index contributed by atoms with van der Waals surface area (Å²) in [7, 11) is 1.31. The number of rotatable bonds is 3. The summed E-state index contributed by atoms with van der Waals surface area (Å²) in [5.74, 6) is 1.28. The first-order valence-electron chi connectivity index (χ1n) is 12.1. The molecule has 0 unspecified atom stereocenters. The Kier molecular flexibility index (Phi) is 5.89. The van der Waals surface area contributed by atoms with Crippen LogP contribution in [0.5, 0.6) is 0 Å². The van der Waals surface area contributed by atoms with E-state index in [9.17, 15) is 0 Å². The molecular weight excluding hydrogens is 390 g/mol. The van der Waals surface area contributed by atoms with Crippen LogP contribution < -0.4 is 4.57 Å². The largest absolute Gasteiger partial charge is 0.220 e. The van der Waals surface area contributed by atoms with E-state index < -0.39 is 8.07 Å². The fourth-order valence-corrected chi connectivity index (χ4v) is 7.88. The molecule has 0 bridgehead atoms. The van der Waals surface area contributed by atoms with Crippen LogP contribution in [0.2, 0.25) is 25.2 Å². The maximum Gasteiger partial charge on any atom is 0.220 e. The minimum atomic E-state index is -0.918. The van der Waals surface area contributed by atoms with Gasteiger partial charge in [-0.1, -0.05) is 57.2 Å². The van der Waals surface area contributed by atoms with Crippen LogP contribution in [-0.2, 0) is 7.05 Å². The van der Waals surface area contributed by atoms with E-state index in [-0.39, 0.29) is 0 Å². The summed E-state index contributed by atoms with van der Waals surface area (Å²) in [6.45, 7) is 16.5. The van der Waals surface area contributed by atoms with Crippen LogP contribution in [-0.4, -0.2) is 8.07 Å². The van der Waals surface area contributed by atoms with Gasteiger partial charge in [0.25, 0.3) is 0 Å². The van der Waals surface area contributed by atoms with Crippen LogP contribution in [0.25, 0.3) is 22.0 Å². The third-order valence-corrected chi connectivity index (χ3v) is 11.3. The van der Waals surface area contributed by atoms with Gasteiger partial charge in [0.15, 0.2) is 5.69 Å². The minimum Gasteiger partial charge on any atom is -0.198 e. The molecule has 0 N–H and O–H groups in total. The normalized spacial score (nSPS) is 16.9. The summed E-state index contributed by atoms with van der Waals surface area (Å²) in [5, 5.41) is 2.78. The molecule has 1 fully saturated rings. The Bertz CT molecular complexity index is 1130. The van der Waals surface area contributed by atoms with Gasteiger partial charge >= 0.3 is 0 Å². The van der Waals surface area contributed by atoms with E-state index in [2.05, 4.69) is 95.7 Å². The molecule has 164 valence electrons. The average Bonchev–Trinajstić information content (AvgIpc) is 2.71. The molecule has 0 atom stereocenters. The Morgan fingerprint density at radius 3 is 2.26 bits per heavy atom. The molecule has 0 radical (unpaired) electrons. The predicted molar refractivity (Wildman–Crippen MR) is 138 cm³/mol. The molecule has 31 heavy (non-hydrogen) atoms. The number of fused-ring (bicyclic) bond motifs is 1. The molecule has 2 heteroatoms. The van der Waals surface area contributed by atoms with Crippen molar-refractivity contribution in [3.8, 4) is 11.3 Å². The zero-order valence-electron chi connectivity index (χ0n) is 20.9. The molecule has 1 aliphatic rings. The van der Waals surface area contributed by atoms with Gasteiger partial charge in [0.2, 0.25) is 5.69 Å². The van der Waals surface area contributed by atoms with Crippen molar-refractivity contribution >= 4 is 18.8 Å². The lowest BCUT2D eigenvalue weighted by atomic mass is 9.88. The lowest BCUT2D eigenvalue weighted by Crippen LogP contribution is -2.35. The second-order valence-electron chi connectivity index (χ2n) is 11.1. The van der Waals surface area contributed by atoms with Crippen LogP contribution in [0.1, 0.15) is 66.5 Å². The molecule has 0 amide bonds. The van der Waals surface area contributed by atoms with Crippen molar-refractivity contribution in [2.24, 2.45) is 7.05 Å². The van der Waals surface area contributed by atoms with E-state index in [1.165, 1.54) is 69.3 Å². The van der Waals surface area contributed by atoms with Gasteiger partial charge in [-0.15, -0.1) is 0 Å². The molecule has 0 aliphatic carbocycles. The predicted octanol–water partition coefficient (Wildman–Crippen LogP) is 7.97. The van der Waals surface area contributed by atoms with Crippen molar-refractivity contribution in [2.45, 2.75) is 84.5 Å². The highest BCUT2D eigenvalue weighted by molar-refractivity contribution is 6.77. The number of aromatic nitrogens is 1. The van der Waals surface area contributed by atoms with Crippen molar-refractivity contribution in [1.29, 1.82) is 0 Å². The van der Waals surface area contributed by atoms with Crippen LogP contribution in [0, 0.1) is 20.8 Å². The molecule has 1 aliphatic heterocycles. The lowest BCUT2D eigenvalue weighted by Gasteiger charge is -2.33. The second-order valence-corrected chi connectivity index (χ2v) is 16.5. The van der Waals surface area contributed by atoms with Gasteiger partial charge in [0.05, 0.1) is 10.9 Å². The van der Waals surface area contributed by atoms with Gasteiger partial charge in [-0.05, 0) is 78.3 Å². The number of benzene rings is 2. The van der Waals surface area contributed by atoms with E-state index in [0.29, 0.717) is 5.92 Å². The first kappa shape index (κ1) is 22.3. The standard InChI is InChI=1S/C29H40NSi/c1-19(2)25-15-20(3)22(5)28(18-25)29-27-10-9-24(17-26(27)16-21(4)30(29)6)23-11-13-31(7,8)14-12-23/h9-10,15-19,23H,11-14H2,1-8H3/q+1. The van der Waals surface area contributed by atoms with Crippen LogP contribution in [0.4, 0.5) is 0 Å². The zero-order chi connectivity index (χ0) is 22.5. The number of aryl methyl sites for hydroxylation is 2. The van der Waals surface area contributed by atoms with Crippen molar-refractivity contribution in [2.75, 3.05) is 0 Å². The van der Waals surface area contributed by atoms with Gasteiger partial charge in [-0.25, -0.2) is 0 Å². The Morgan fingerprint density at radius 1 is 0.935 bits per heavy atom. The van der Waals surface area contributed by atoms with E-state index in [1.54, 1.807) is 5.56 Å². The Labute approximate surface area is 190 Å². The lowest BCUT2D eigenvalue weighted by molar-refractivity contribution is -0.665. The van der Waals surface area contributed by atoms with Crippen molar-refractivity contribution < 1.29 is 4.57 Å². The van der Waals surface area contributed by atoms with E-state index in [1.807, 2.05) is 0 Å². The summed E-state index contributed by atoms with van der Waals surface area (Å²) in [5.41, 5.74) is 9.85. The molecule has 2 aromatic carbocycles. The molecule has 1 aromatic heterocycles. The first-order valence-corrected chi connectivity index (χ1v) is 15.5. The first-order chi connectivity index (χ1) is 14.6. The Balaban J connectivity index is 1.87. The molecule has 4 rings (SSSR count). The number of pyridine rings is 1. The quantitative estimate of drug-likeness (QED) is 0.293. The maximum atomic E-state index is 2.56. The maximum absolute atomic E-state index is 2.56. The highest BCUT2D eigenvalue weighted by atomic mass is 28.3. The molecule has 1 saturated heterocycles. The Morgan fingerprint density at radius 2 is 1.61 bits per heavy atom. The molecule has 1 nitrogen and oxygen atoms in total. The minimum absolute atomic E-state index is 0.533. The fourth-order valence-electron chi connectivity index (χ4n) is 5.37. The second kappa shape index (κ2) is 8.20. The van der Waals surface area contributed by atoms with Crippen molar-refractivity contribution in [3.05, 3.63) is 64.3 Å². The van der Waals surface area contributed by atoms with Gasteiger partial charge < -0.3 is 0 Å². The summed E-state index contributed by atoms with van der Waals surface area (Å²) in [6.07, 6.45) is 2.76. The third kappa shape index (κ3) is 4.24. The van der Waals surface area contributed by atoms with Gasteiger partial charge in [0, 0.05) is 21.1 Å². The summed E-state index contributed by atoms with van der Waals surface area (Å²) in [4.78, 5) is 0. The van der Waals surface area contributed by atoms with E-state index >= 15 is 0 Å². The van der Waals surface area contributed by atoms with E-state index in [4.69, 9.17) is 0 Å². The molecule has 0 spiro atoms. The van der Waals surface area contributed by atoms with Gasteiger partial charge in [-0.2, -0.15) is 4.57 Å². The summed E-state index contributed by atoms with van der Waals surface area (Å²) in [6, 6.07) is 17.5. The topological polar surface area (TPSA) is 3.88 Å². The zero-order valence-corrected chi connectivity index (χ0v) is 21.9. The monoisotopic (exact) mass is 430 g/mol. The SMILES string of the molecule is Cc1cc(C(C)C)cc(-c2c3ccc(C4CC[Si](C)(C)CC4)cc3cc(C)[n+]2C)c1C. The molecular formula is C29H40NSi+. The fraction of sp³-hybridized carbons (Fsp3) is 0.483. The number of hydrogen-bond donors (Lipinski definition) is 0. The van der Waals surface area contributed by atoms with Crippen LogP contribution in [0.15, 0.2) is 36.4 Å². The number of hydrogen-bond acceptors (Lipinski definition) is 0. The summed E-state index contributed by atoms with van der Waals surface area (Å²) >= 11 is 0. The van der Waals surface area contributed by atoms with Crippen LogP contribution >= 0.6 is 0 Å². The molecule has 3 aromatic rings. The van der Waals surface area contributed by atoms with Crippen molar-refractivity contribution in [1.82, 2.24) is 0 Å². The highest BCUT2D eigenvalue weighted by Crippen LogP contribution is 2.40.